The van der Waals surface area contributed by atoms with Crippen LogP contribution < -0.4 is 5.32 Å². The van der Waals surface area contributed by atoms with Crippen molar-refractivity contribution >= 4 is 33.2 Å². The fraction of sp³-hybridized carbons (Fsp3) is 0.333. The third-order valence-corrected chi connectivity index (χ3v) is 7.81. The first-order chi connectivity index (χ1) is 13.7. The van der Waals surface area contributed by atoms with Gasteiger partial charge in [-0.1, -0.05) is 47.5 Å². The van der Waals surface area contributed by atoms with Crippen LogP contribution in [0.15, 0.2) is 52.4 Å². The van der Waals surface area contributed by atoms with Crippen LogP contribution in [0.5, 0.6) is 0 Å². The molecule has 4 rings (SSSR count). The molecule has 2 aliphatic heterocycles. The highest BCUT2D eigenvalue weighted by molar-refractivity contribution is 7.89. The Morgan fingerprint density at radius 3 is 2.38 bits per heavy atom. The Morgan fingerprint density at radius 1 is 1.07 bits per heavy atom. The van der Waals surface area contributed by atoms with Crippen molar-refractivity contribution in [3.63, 3.8) is 0 Å². The van der Waals surface area contributed by atoms with Crippen molar-refractivity contribution in [2.45, 2.75) is 37.2 Å². The normalized spacial score (nSPS) is 19.3. The molecule has 2 aromatic rings. The van der Waals surface area contributed by atoms with E-state index in [1.807, 2.05) is 31.2 Å². The number of benzene rings is 2. The molecule has 6 nitrogen and oxygen atoms in total. The summed E-state index contributed by atoms with van der Waals surface area (Å²) in [6, 6.07) is 12.5. The molecule has 0 aliphatic carbocycles. The van der Waals surface area contributed by atoms with E-state index in [4.69, 9.17) is 16.6 Å². The number of hydrogen-bond acceptors (Lipinski definition) is 4. The average molecular weight is 432 g/mol. The zero-order valence-electron chi connectivity index (χ0n) is 16.3. The highest BCUT2D eigenvalue weighted by Gasteiger charge is 2.44. The number of carbonyl (C=O) groups excluding carboxylic acids is 1. The molecule has 0 aromatic heterocycles. The third-order valence-electron chi connectivity index (χ3n) is 5.53. The van der Waals surface area contributed by atoms with Crippen LogP contribution in [-0.2, 0) is 14.8 Å². The van der Waals surface area contributed by atoms with Crippen molar-refractivity contribution < 1.29 is 13.2 Å². The first kappa shape index (κ1) is 20.1. The van der Waals surface area contributed by atoms with Crippen LogP contribution in [0.25, 0.3) is 0 Å². The van der Waals surface area contributed by atoms with Crippen LogP contribution in [-0.4, -0.2) is 43.1 Å². The van der Waals surface area contributed by atoms with Gasteiger partial charge in [0, 0.05) is 36.5 Å². The van der Waals surface area contributed by atoms with Gasteiger partial charge in [0.2, 0.25) is 10.0 Å². The molecule has 1 saturated heterocycles. The van der Waals surface area contributed by atoms with Gasteiger partial charge < -0.3 is 5.32 Å². The van der Waals surface area contributed by atoms with Crippen molar-refractivity contribution in [3.05, 3.63) is 64.2 Å². The maximum Gasteiger partial charge on any atom is 0.272 e. The molecule has 2 heterocycles. The molecule has 152 valence electrons. The molecule has 1 fully saturated rings. The molecule has 0 saturated carbocycles. The lowest BCUT2D eigenvalue weighted by Gasteiger charge is -2.36. The topological polar surface area (TPSA) is 78.8 Å². The quantitative estimate of drug-likeness (QED) is 0.811. The van der Waals surface area contributed by atoms with Crippen LogP contribution in [0.3, 0.4) is 0 Å². The molecular weight excluding hydrogens is 410 g/mol. The van der Waals surface area contributed by atoms with Crippen molar-refractivity contribution in [1.29, 1.82) is 0 Å². The maximum absolute atomic E-state index is 13.1. The summed E-state index contributed by atoms with van der Waals surface area (Å²) in [6.07, 6.45) is 0.847. The van der Waals surface area contributed by atoms with Gasteiger partial charge in [-0.25, -0.2) is 8.42 Å². The van der Waals surface area contributed by atoms with Crippen molar-refractivity contribution in [1.82, 2.24) is 9.62 Å². The number of sulfonamides is 1. The monoisotopic (exact) mass is 431 g/mol. The van der Waals surface area contributed by atoms with E-state index in [2.05, 4.69) is 5.32 Å². The highest BCUT2D eigenvalue weighted by atomic mass is 35.5. The van der Waals surface area contributed by atoms with Gasteiger partial charge in [-0.3, -0.25) is 9.79 Å². The summed E-state index contributed by atoms with van der Waals surface area (Å²) in [4.78, 5) is 17.4. The predicted octanol–water partition coefficient (Wildman–Crippen LogP) is 3.06. The van der Waals surface area contributed by atoms with Gasteiger partial charge in [-0.2, -0.15) is 4.31 Å². The molecular formula is C21H22ClN3O3S. The fourth-order valence-corrected chi connectivity index (χ4v) is 5.72. The van der Waals surface area contributed by atoms with Gasteiger partial charge in [0.25, 0.3) is 5.91 Å². The summed E-state index contributed by atoms with van der Waals surface area (Å²) in [7, 11) is -3.66. The Hall–Kier alpha value is -2.22. The van der Waals surface area contributed by atoms with E-state index in [0.717, 1.165) is 11.1 Å². The van der Waals surface area contributed by atoms with Crippen molar-refractivity contribution in [2.24, 2.45) is 4.99 Å². The highest BCUT2D eigenvalue weighted by Crippen LogP contribution is 2.32. The molecule has 0 unspecified atom stereocenters. The minimum Gasteiger partial charge on any atom is -0.326 e. The first-order valence-corrected chi connectivity index (χ1v) is 11.3. The van der Waals surface area contributed by atoms with Gasteiger partial charge in [0.05, 0.1) is 4.90 Å². The van der Waals surface area contributed by atoms with E-state index in [1.54, 1.807) is 19.1 Å². The number of amides is 1. The van der Waals surface area contributed by atoms with E-state index in [9.17, 15) is 13.2 Å². The molecule has 2 aliphatic rings. The van der Waals surface area contributed by atoms with Gasteiger partial charge >= 0.3 is 0 Å². The second kappa shape index (κ2) is 7.23. The number of aliphatic imine (C=N–C) groups is 1. The average Bonchev–Trinajstić information content (AvgIpc) is 3.00. The summed E-state index contributed by atoms with van der Waals surface area (Å²) < 4.78 is 27.6. The van der Waals surface area contributed by atoms with Gasteiger partial charge in [-0.05, 0) is 31.5 Å². The van der Waals surface area contributed by atoms with Crippen LogP contribution >= 0.6 is 11.6 Å². The van der Waals surface area contributed by atoms with Crippen molar-refractivity contribution in [2.75, 3.05) is 13.1 Å². The Balaban J connectivity index is 1.55. The van der Waals surface area contributed by atoms with Crippen LogP contribution in [0, 0.1) is 13.8 Å². The Labute approximate surface area is 175 Å². The molecule has 0 atom stereocenters. The fourth-order valence-electron chi connectivity index (χ4n) is 3.79. The van der Waals surface area contributed by atoms with Crippen LogP contribution in [0.1, 0.15) is 29.5 Å². The number of rotatable bonds is 3. The summed E-state index contributed by atoms with van der Waals surface area (Å²) >= 11 is 6.01. The first-order valence-electron chi connectivity index (χ1n) is 9.46. The molecule has 1 amide bonds. The smallest absolute Gasteiger partial charge is 0.272 e. The lowest BCUT2D eigenvalue weighted by atomic mass is 10.00. The second-order valence-electron chi connectivity index (χ2n) is 7.63. The van der Waals surface area contributed by atoms with E-state index in [-0.39, 0.29) is 23.9 Å². The molecule has 1 spiro atoms. The Morgan fingerprint density at radius 2 is 1.72 bits per heavy atom. The number of nitrogens with one attached hydrogen (secondary N) is 1. The van der Waals surface area contributed by atoms with Crippen LogP contribution in [0.4, 0.5) is 0 Å². The minimum absolute atomic E-state index is 0.212. The zero-order chi connectivity index (χ0) is 20.8. The minimum atomic E-state index is -3.66. The number of aryl methyl sites for hydroxylation is 2. The van der Waals surface area contributed by atoms with E-state index in [0.29, 0.717) is 29.1 Å². The molecule has 29 heavy (non-hydrogen) atoms. The molecule has 8 heteroatoms. The number of nitrogens with zero attached hydrogens (tertiary/aromatic N) is 2. The standard InChI is InChI=1S/C21H22ClN3O3S/c1-14-3-6-16(7-4-14)19-20(26)24-21(23-19)9-11-25(12-10-21)29(27,28)18-13-17(22)8-5-15(18)2/h3-8,13H,9-12H2,1-2H3,(H,24,26). The van der Waals surface area contributed by atoms with Gasteiger partial charge in [0.1, 0.15) is 11.4 Å². The predicted molar refractivity (Wildman–Crippen MR) is 113 cm³/mol. The largest absolute Gasteiger partial charge is 0.326 e. The Bertz CT molecular complexity index is 1100. The van der Waals surface area contributed by atoms with E-state index >= 15 is 0 Å². The second-order valence-corrected chi connectivity index (χ2v) is 9.97. The van der Waals surface area contributed by atoms with Gasteiger partial charge in [0.15, 0.2) is 0 Å². The number of hydrogen-bond donors (Lipinski definition) is 1. The molecule has 0 bridgehead atoms. The van der Waals surface area contributed by atoms with E-state index in [1.165, 1.54) is 10.4 Å². The third kappa shape index (κ3) is 3.70. The zero-order valence-corrected chi connectivity index (χ0v) is 17.8. The van der Waals surface area contributed by atoms with E-state index < -0.39 is 15.7 Å². The number of carbonyl (C=O) groups is 1. The van der Waals surface area contributed by atoms with Crippen molar-refractivity contribution in [3.8, 4) is 0 Å². The summed E-state index contributed by atoms with van der Waals surface area (Å²) in [5.41, 5.74) is 2.20. The molecule has 1 N–H and O–H groups in total. The lowest BCUT2D eigenvalue weighted by molar-refractivity contribution is -0.115. The van der Waals surface area contributed by atoms with Crippen LogP contribution in [0.2, 0.25) is 5.02 Å². The summed E-state index contributed by atoms with van der Waals surface area (Å²) in [6.45, 7) is 4.29. The SMILES string of the molecule is Cc1ccc(C2=NC3(CCN(S(=O)(=O)c4cc(Cl)ccc4C)CC3)NC2=O)cc1. The Kier molecular flexibility index (Phi) is 5.01. The molecule has 0 radical (unpaired) electrons. The number of piperidine rings is 1. The van der Waals surface area contributed by atoms with Gasteiger partial charge in [-0.15, -0.1) is 0 Å². The summed E-state index contributed by atoms with van der Waals surface area (Å²) in [5, 5.41) is 3.37. The number of halogens is 1. The summed E-state index contributed by atoms with van der Waals surface area (Å²) in [5.74, 6) is -0.212. The lowest BCUT2D eigenvalue weighted by Crippen LogP contribution is -2.52. The molecule has 2 aromatic carbocycles. The maximum atomic E-state index is 13.1.